The fourth-order valence-electron chi connectivity index (χ4n) is 5.73. The van der Waals surface area contributed by atoms with Crippen molar-refractivity contribution in [3.63, 3.8) is 0 Å². The lowest BCUT2D eigenvalue weighted by Gasteiger charge is -2.32. The van der Waals surface area contributed by atoms with Gasteiger partial charge in [-0.3, -0.25) is 0 Å². The molecule has 0 saturated heterocycles. The molecule has 2 heteroatoms. The quantitative estimate of drug-likeness (QED) is 0.597. The highest BCUT2D eigenvalue weighted by Gasteiger charge is 2.24. The first-order chi connectivity index (χ1) is 11.4. The third kappa shape index (κ3) is 6.67. The Bertz CT molecular complexity index is 263. The van der Waals surface area contributed by atoms with E-state index in [0.717, 1.165) is 23.9 Å². The average molecular weight is 337 g/mol. The van der Waals surface area contributed by atoms with Crippen LogP contribution in [0.3, 0.4) is 0 Å². The number of nitrogens with one attached hydrogen (secondary N) is 1. The van der Waals surface area contributed by atoms with Crippen molar-refractivity contribution in [1.82, 2.24) is 11.5 Å². The van der Waals surface area contributed by atoms with Crippen LogP contribution in [0, 0.1) is 11.8 Å². The van der Waals surface area contributed by atoms with E-state index < -0.39 is 0 Å². The lowest BCUT2D eigenvalue weighted by atomic mass is 9.73. The van der Waals surface area contributed by atoms with Crippen LogP contribution in [0.2, 0.25) is 0 Å². The van der Waals surface area contributed by atoms with Gasteiger partial charge in [-0.15, -0.1) is 0 Å². The molecule has 24 heavy (non-hydrogen) atoms. The van der Waals surface area contributed by atoms with Crippen LogP contribution >= 0.6 is 0 Å². The second-order valence-corrected chi connectivity index (χ2v) is 8.93. The second-order valence-electron chi connectivity index (χ2n) is 8.93. The SMILES string of the molecule is C1CCC(C2CCCCC2)CC1.C1CCC(NC2CCCC2)C1.N. The first-order valence-corrected chi connectivity index (χ1v) is 11.2. The summed E-state index contributed by atoms with van der Waals surface area (Å²) in [5.74, 6) is 2.28. The van der Waals surface area contributed by atoms with Crippen molar-refractivity contribution >= 4 is 0 Å². The summed E-state index contributed by atoms with van der Waals surface area (Å²) >= 11 is 0. The lowest BCUT2D eigenvalue weighted by Crippen LogP contribution is -2.34. The summed E-state index contributed by atoms with van der Waals surface area (Å²) in [4.78, 5) is 0. The van der Waals surface area contributed by atoms with E-state index in [2.05, 4.69) is 5.32 Å². The van der Waals surface area contributed by atoms with Gasteiger partial charge in [0, 0.05) is 12.1 Å². The summed E-state index contributed by atoms with van der Waals surface area (Å²) in [7, 11) is 0. The van der Waals surface area contributed by atoms with Crippen molar-refractivity contribution in [3.8, 4) is 0 Å². The van der Waals surface area contributed by atoms with Gasteiger partial charge in [0.2, 0.25) is 0 Å². The molecule has 0 aromatic heterocycles. The maximum Gasteiger partial charge on any atom is 0.00696 e. The average Bonchev–Trinajstić information content (AvgIpc) is 3.32. The number of rotatable bonds is 3. The normalized spacial score (nSPS) is 27.5. The van der Waals surface area contributed by atoms with Gasteiger partial charge in [0.1, 0.15) is 0 Å². The highest BCUT2D eigenvalue weighted by atomic mass is 15.0. The van der Waals surface area contributed by atoms with Gasteiger partial charge in [0.15, 0.2) is 0 Å². The molecule has 0 aromatic rings. The fraction of sp³-hybridized carbons (Fsp3) is 1.00. The minimum atomic E-state index is 0. The Hall–Kier alpha value is -0.0800. The molecular weight excluding hydrogens is 292 g/mol. The van der Waals surface area contributed by atoms with Gasteiger partial charge in [-0.2, -0.15) is 0 Å². The van der Waals surface area contributed by atoms with Crippen LogP contribution in [0.4, 0.5) is 0 Å². The molecule has 0 spiro atoms. The van der Waals surface area contributed by atoms with E-state index in [0.29, 0.717) is 0 Å². The Balaban J connectivity index is 0.000000167. The second kappa shape index (κ2) is 11.5. The van der Waals surface area contributed by atoms with Crippen LogP contribution in [0.15, 0.2) is 0 Å². The zero-order valence-corrected chi connectivity index (χ0v) is 16.2. The Kier molecular flexibility index (Phi) is 9.71. The van der Waals surface area contributed by atoms with Crippen LogP contribution in [0.25, 0.3) is 0 Å². The minimum absolute atomic E-state index is 0. The molecule has 142 valence electrons. The van der Waals surface area contributed by atoms with E-state index in [1.165, 1.54) is 89.9 Å². The van der Waals surface area contributed by atoms with Gasteiger partial charge in [-0.25, -0.2) is 0 Å². The summed E-state index contributed by atoms with van der Waals surface area (Å²) in [6.45, 7) is 0. The van der Waals surface area contributed by atoms with Crippen LogP contribution < -0.4 is 11.5 Å². The molecule has 0 unspecified atom stereocenters. The smallest absolute Gasteiger partial charge is 0.00696 e. The summed E-state index contributed by atoms with van der Waals surface area (Å²) < 4.78 is 0. The molecule has 0 atom stereocenters. The summed E-state index contributed by atoms with van der Waals surface area (Å²) in [6.07, 6.45) is 27.0. The molecule has 4 aliphatic carbocycles. The van der Waals surface area contributed by atoms with Gasteiger partial charge in [-0.05, 0) is 37.5 Å². The summed E-state index contributed by atoms with van der Waals surface area (Å²) in [6, 6.07) is 1.77. The highest BCUT2D eigenvalue weighted by molar-refractivity contribution is 4.81. The van der Waals surface area contributed by atoms with Crippen LogP contribution in [0.5, 0.6) is 0 Å². The molecule has 4 rings (SSSR count). The monoisotopic (exact) mass is 336 g/mol. The molecule has 0 bridgehead atoms. The van der Waals surface area contributed by atoms with Crippen molar-refractivity contribution in [1.29, 1.82) is 0 Å². The topological polar surface area (TPSA) is 47.0 Å². The Morgan fingerprint density at radius 1 is 0.375 bits per heavy atom. The molecular formula is C22H44N2. The van der Waals surface area contributed by atoms with Crippen molar-refractivity contribution in [2.45, 2.75) is 128 Å². The van der Waals surface area contributed by atoms with Gasteiger partial charge >= 0.3 is 0 Å². The summed E-state index contributed by atoms with van der Waals surface area (Å²) in [5.41, 5.74) is 0. The lowest BCUT2D eigenvalue weighted by molar-refractivity contribution is 0.196. The maximum atomic E-state index is 3.78. The number of hydrogen-bond acceptors (Lipinski definition) is 2. The van der Waals surface area contributed by atoms with E-state index in [1.54, 1.807) is 25.7 Å². The standard InChI is InChI=1S/C12H22.C10H19N.H3N/c1-3-7-11(8-4-1)12-9-5-2-6-10-12;1-2-6-9(5-1)11-10-7-3-4-8-10;/h11-12H,1-10H2;9-11H,1-8H2;1H3. The first-order valence-electron chi connectivity index (χ1n) is 11.2. The van der Waals surface area contributed by atoms with Crippen molar-refractivity contribution in [3.05, 3.63) is 0 Å². The van der Waals surface area contributed by atoms with Crippen molar-refractivity contribution in [2.24, 2.45) is 11.8 Å². The largest absolute Gasteiger partial charge is 0.344 e. The molecule has 0 heterocycles. The third-order valence-corrected chi connectivity index (χ3v) is 7.15. The fourth-order valence-corrected chi connectivity index (χ4v) is 5.73. The van der Waals surface area contributed by atoms with Crippen LogP contribution in [-0.2, 0) is 0 Å². The predicted molar refractivity (Wildman–Crippen MR) is 106 cm³/mol. The molecule has 4 aliphatic rings. The van der Waals surface area contributed by atoms with Crippen molar-refractivity contribution in [2.75, 3.05) is 0 Å². The molecule has 0 amide bonds. The number of hydrogen-bond donors (Lipinski definition) is 2. The Morgan fingerprint density at radius 2 is 0.667 bits per heavy atom. The highest BCUT2D eigenvalue weighted by Crippen LogP contribution is 2.37. The van der Waals surface area contributed by atoms with Gasteiger partial charge in [0.25, 0.3) is 0 Å². The minimum Gasteiger partial charge on any atom is -0.344 e. The molecule has 4 fully saturated rings. The van der Waals surface area contributed by atoms with Gasteiger partial charge < -0.3 is 11.5 Å². The van der Waals surface area contributed by atoms with E-state index in [1.807, 2.05) is 0 Å². The summed E-state index contributed by atoms with van der Waals surface area (Å²) in [5, 5.41) is 3.78. The Morgan fingerprint density at radius 3 is 1.00 bits per heavy atom. The zero-order chi connectivity index (χ0) is 15.7. The van der Waals surface area contributed by atoms with Crippen LogP contribution in [-0.4, -0.2) is 12.1 Å². The molecule has 4 N–H and O–H groups in total. The van der Waals surface area contributed by atoms with E-state index in [4.69, 9.17) is 0 Å². The Labute approximate surface area is 151 Å². The first kappa shape index (κ1) is 20.2. The zero-order valence-electron chi connectivity index (χ0n) is 16.2. The van der Waals surface area contributed by atoms with Gasteiger partial charge in [-0.1, -0.05) is 89.9 Å². The van der Waals surface area contributed by atoms with Gasteiger partial charge in [0.05, 0.1) is 0 Å². The maximum absolute atomic E-state index is 3.78. The molecule has 0 aliphatic heterocycles. The van der Waals surface area contributed by atoms with E-state index in [-0.39, 0.29) is 6.15 Å². The van der Waals surface area contributed by atoms with Crippen molar-refractivity contribution < 1.29 is 0 Å². The molecule has 4 saturated carbocycles. The molecule has 0 aromatic carbocycles. The third-order valence-electron chi connectivity index (χ3n) is 7.15. The van der Waals surface area contributed by atoms with E-state index >= 15 is 0 Å². The van der Waals surface area contributed by atoms with E-state index in [9.17, 15) is 0 Å². The molecule has 2 nitrogen and oxygen atoms in total. The predicted octanol–water partition coefficient (Wildman–Crippen LogP) is 6.77. The molecule has 0 radical (unpaired) electrons. The van der Waals surface area contributed by atoms with Crippen LogP contribution in [0.1, 0.15) is 116 Å².